The molecule has 1 aromatic heterocycles. The van der Waals surface area contributed by atoms with E-state index in [0.717, 1.165) is 0 Å². The Morgan fingerprint density at radius 2 is 2.22 bits per heavy atom. The Kier molecular flexibility index (Phi) is 4.67. The minimum absolute atomic E-state index is 0.0660. The van der Waals surface area contributed by atoms with Gasteiger partial charge in [0.25, 0.3) is 0 Å². The Morgan fingerprint density at radius 1 is 1.48 bits per heavy atom. The van der Waals surface area contributed by atoms with Gasteiger partial charge in [0.15, 0.2) is 5.75 Å². The Morgan fingerprint density at radius 3 is 2.85 bits per heavy atom. The second kappa shape index (κ2) is 6.94. The number of ether oxygens (including phenoxy) is 2. The van der Waals surface area contributed by atoms with Crippen molar-refractivity contribution >= 4 is 17.6 Å². The molecule has 27 heavy (non-hydrogen) atoms. The number of fused-ring (bicyclic) bond motifs is 1. The molecular formula is C16H17N5O6. The first-order valence-electron chi connectivity index (χ1n) is 7.98. The lowest BCUT2D eigenvalue weighted by atomic mass is 9.95. The van der Waals surface area contributed by atoms with Crippen LogP contribution in [-0.4, -0.2) is 44.5 Å². The first-order valence-corrected chi connectivity index (χ1v) is 7.98. The van der Waals surface area contributed by atoms with Gasteiger partial charge in [-0.1, -0.05) is 0 Å². The number of benzene rings is 1. The number of methoxy groups -OCH3 is 1. The van der Waals surface area contributed by atoms with Crippen LogP contribution in [0.4, 0.5) is 11.6 Å². The second-order valence-corrected chi connectivity index (χ2v) is 5.66. The maximum Gasteiger partial charge on any atom is 0.338 e. The molecule has 1 atom stereocenters. The van der Waals surface area contributed by atoms with E-state index in [9.17, 15) is 20.0 Å². The number of hydrogen-bond acceptors (Lipinski definition) is 9. The van der Waals surface area contributed by atoms with Crippen molar-refractivity contribution in [3.8, 4) is 11.5 Å². The molecular weight excluding hydrogens is 358 g/mol. The molecule has 0 amide bonds. The van der Waals surface area contributed by atoms with Crippen molar-refractivity contribution in [3.05, 3.63) is 45.4 Å². The standard InChI is InChI=1S/C16H17N5O6/c1-4-27-11-6-9(5-10(14(11)22)21(24)25)13-12(15(23)26-3)8(2)19-16-17-7-18-20(13)16/h5-7,13,22H,4H2,1-3H3,(H,17,18,19)/t13-/m0/s1. The highest BCUT2D eigenvalue weighted by Crippen LogP contribution is 2.43. The Bertz CT molecular complexity index is 951. The quantitative estimate of drug-likeness (QED) is 0.454. The van der Waals surface area contributed by atoms with Gasteiger partial charge in [0.1, 0.15) is 12.4 Å². The van der Waals surface area contributed by atoms with Crippen molar-refractivity contribution in [1.82, 2.24) is 14.8 Å². The molecule has 11 nitrogen and oxygen atoms in total. The molecule has 2 aromatic rings. The van der Waals surface area contributed by atoms with E-state index in [4.69, 9.17) is 9.47 Å². The van der Waals surface area contributed by atoms with Crippen LogP contribution in [0.2, 0.25) is 0 Å². The number of hydrogen-bond donors (Lipinski definition) is 2. The van der Waals surface area contributed by atoms with Gasteiger partial charge in [0.2, 0.25) is 11.7 Å². The van der Waals surface area contributed by atoms with Crippen LogP contribution in [0.3, 0.4) is 0 Å². The van der Waals surface area contributed by atoms with Gasteiger partial charge in [0.05, 0.1) is 24.2 Å². The smallest absolute Gasteiger partial charge is 0.338 e. The number of nitrogens with zero attached hydrogens (tertiary/aromatic N) is 4. The number of nitrogens with one attached hydrogen (secondary N) is 1. The zero-order valence-corrected chi connectivity index (χ0v) is 14.8. The number of aromatic hydroxyl groups is 1. The van der Waals surface area contributed by atoms with E-state index < -0.39 is 28.4 Å². The fraction of sp³-hybridized carbons (Fsp3) is 0.312. The number of esters is 1. The summed E-state index contributed by atoms with van der Waals surface area (Å²) in [5.74, 6) is -0.916. The maximum absolute atomic E-state index is 12.4. The van der Waals surface area contributed by atoms with Crippen molar-refractivity contribution in [2.75, 3.05) is 19.0 Å². The highest BCUT2D eigenvalue weighted by atomic mass is 16.6. The second-order valence-electron chi connectivity index (χ2n) is 5.66. The molecule has 0 bridgehead atoms. The largest absolute Gasteiger partial charge is 0.500 e. The van der Waals surface area contributed by atoms with Gasteiger partial charge in [-0.05, 0) is 25.5 Å². The number of carbonyl (C=O) groups excluding carboxylic acids is 1. The van der Waals surface area contributed by atoms with Crippen LogP contribution in [0, 0.1) is 10.1 Å². The summed E-state index contributed by atoms with van der Waals surface area (Å²) >= 11 is 0. The van der Waals surface area contributed by atoms with Crippen molar-refractivity contribution in [2.24, 2.45) is 0 Å². The van der Waals surface area contributed by atoms with Gasteiger partial charge in [-0.3, -0.25) is 10.1 Å². The fourth-order valence-corrected chi connectivity index (χ4v) is 2.95. The zero-order valence-electron chi connectivity index (χ0n) is 14.8. The van der Waals surface area contributed by atoms with E-state index in [1.807, 2.05) is 0 Å². The minimum Gasteiger partial charge on any atom is -0.500 e. The third-order valence-corrected chi connectivity index (χ3v) is 4.09. The van der Waals surface area contributed by atoms with Crippen LogP contribution in [-0.2, 0) is 9.53 Å². The molecule has 0 fully saturated rings. The predicted octanol–water partition coefficient (Wildman–Crippen LogP) is 1.75. The van der Waals surface area contributed by atoms with Crippen molar-refractivity contribution < 1.29 is 24.3 Å². The van der Waals surface area contributed by atoms with Crippen LogP contribution in [0.1, 0.15) is 25.5 Å². The molecule has 0 saturated carbocycles. The van der Waals surface area contributed by atoms with Gasteiger partial charge in [0, 0.05) is 11.8 Å². The number of anilines is 1. The molecule has 2 N–H and O–H groups in total. The summed E-state index contributed by atoms with van der Waals surface area (Å²) in [6.07, 6.45) is 1.29. The first-order chi connectivity index (χ1) is 12.9. The molecule has 2 heterocycles. The number of nitro groups is 1. The third kappa shape index (κ3) is 3.03. The maximum atomic E-state index is 12.4. The topological polar surface area (TPSA) is 142 Å². The molecule has 0 aliphatic carbocycles. The van der Waals surface area contributed by atoms with Gasteiger partial charge in [-0.15, -0.1) is 0 Å². The number of rotatable bonds is 5. The summed E-state index contributed by atoms with van der Waals surface area (Å²) in [5.41, 5.74) is 0.452. The fourth-order valence-electron chi connectivity index (χ4n) is 2.95. The first kappa shape index (κ1) is 18.2. The predicted molar refractivity (Wildman–Crippen MR) is 92.4 cm³/mol. The number of allylic oxidation sites excluding steroid dienone is 1. The minimum atomic E-state index is -0.852. The van der Waals surface area contributed by atoms with Crippen molar-refractivity contribution in [2.45, 2.75) is 19.9 Å². The van der Waals surface area contributed by atoms with E-state index >= 15 is 0 Å². The molecule has 0 radical (unpaired) electrons. The molecule has 0 spiro atoms. The third-order valence-electron chi connectivity index (χ3n) is 4.09. The average molecular weight is 375 g/mol. The number of phenolic OH excluding ortho intramolecular Hbond substituents is 1. The summed E-state index contributed by atoms with van der Waals surface area (Å²) in [6, 6.07) is 1.76. The summed E-state index contributed by atoms with van der Waals surface area (Å²) in [5, 5.41) is 28.6. The van der Waals surface area contributed by atoms with E-state index in [1.54, 1.807) is 13.8 Å². The van der Waals surface area contributed by atoms with Gasteiger partial charge < -0.3 is 19.9 Å². The summed E-state index contributed by atoms with van der Waals surface area (Å²) in [4.78, 5) is 27.1. The molecule has 3 rings (SSSR count). The number of carbonyl (C=O) groups is 1. The summed E-state index contributed by atoms with van der Waals surface area (Å²) < 4.78 is 11.6. The van der Waals surface area contributed by atoms with Crippen molar-refractivity contribution in [1.29, 1.82) is 0 Å². The Balaban J connectivity index is 2.27. The lowest BCUT2D eigenvalue weighted by Crippen LogP contribution is -2.29. The molecule has 1 aliphatic heterocycles. The average Bonchev–Trinajstić information content (AvgIpc) is 3.09. The van der Waals surface area contributed by atoms with Crippen LogP contribution in [0.15, 0.2) is 29.7 Å². The van der Waals surface area contributed by atoms with E-state index in [1.165, 1.54) is 30.3 Å². The highest BCUT2D eigenvalue weighted by Gasteiger charge is 2.36. The van der Waals surface area contributed by atoms with Crippen LogP contribution in [0.25, 0.3) is 0 Å². The van der Waals surface area contributed by atoms with Gasteiger partial charge in [-0.25, -0.2) is 9.48 Å². The summed E-state index contributed by atoms with van der Waals surface area (Å²) in [7, 11) is 1.24. The lowest BCUT2D eigenvalue weighted by Gasteiger charge is -2.28. The number of phenols is 1. The highest BCUT2D eigenvalue weighted by molar-refractivity contribution is 5.92. The van der Waals surface area contributed by atoms with Crippen LogP contribution in [0.5, 0.6) is 11.5 Å². The van der Waals surface area contributed by atoms with Crippen LogP contribution >= 0.6 is 0 Å². The Labute approximate surface area is 153 Å². The molecule has 142 valence electrons. The Hall–Kier alpha value is -3.63. The number of nitro benzene ring substituents is 1. The number of aromatic nitrogens is 3. The lowest BCUT2D eigenvalue weighted by molar-refractivity contribution is -0.386. The van der Waals surface area contributed by atoms with Crippen LogP contribution < -0.4 is 10.1 Å². The SMILES string of the molecule is CCOc1cc([C@H]2C(C(=O)OC)=C(C)Nc3ncnn32)cc([N+](=O)[O-])c1O. The molecule has 1 aromatic carbocycles. The molecule has 0 saturated heterocycles. The van der Waals surface area contributed by atoms with E-state index in [-0.39, 0.29) is 17.9 Å². The molecule has 0 unspecified atom stereocenters. The van der Waals surface area contributed by atoms with Gasteiger partial charge >= 0.3 is 11.7 Å². The van der Waals surface area contributed by atoms with Gasteiger partial charge in [-0.2, -0.15) is 10.1 Å². The van der Waals surface area contributed by atoms with E-state index in [0.29, 0.717) is 17.2 Å². The van der Waals surface area contributed by atoms with E-state index in [2.05, 4.69) is 15.4 Å². The normalized spacial score (nSPS) is 15.7. The summed E-state index contributed by atoms with van der Waals surface area (Å²) in [6.45, 7) is 3.53. The monoisotopic (exact) mass is 375 g/mol. The zero-order chi connectivity index (χ0) is 19.7. The van der Waals surface area contributed by atoms with Crippen molar-refractivity contribution in [3.63, 3.8) is 0 Å². The molecule has 1 aliphatic rings. The molecule has 11 heteroatoms.